The lowest BCUT2D eigenvalue weighted by Gasteiger charge is -2.35. The van der Waals surface area contributed by atoms with Gasteiger partial charge >= 0.3 is 5.97 Å². The zero-order valence-electron chi connectivity index (χ0n) is 16.3. The van der Waals surface area contributed by atoms with Crippen LogP contribution < -0.4 is 0 Å². The fourth-order valence-corrected chi connectivity index (χ4v) is 4.10. The normalized spacial score (nSPS) is 21.5. The Kier molecular flexibility index (Phi) is 6.67. The average molecular weight is 388 g/mol. The van der Waals surface area contributed by atoms with E-state index in [0.29, 0.717) is 32.6 Å². The number of hydrogen-bond donors (Lipinski definition) is 1. The SMILES string of the molecule is C[C@H](c1ccccc1)N1C[C@H](C(=O)N(CCC(=O)O)C2CCOCC2)CC1=O. The third-order valence-corrected chi connectivity index (χ3v) is 5.74. The van der Waals surface area contributed by atoms with Crippen molar-refractivity contribution in [3.8, 4) is 0 Å². The minimum atomic E-state index is -0.924. The van der Waals surface area contributed by atoms with Crippen molar-refractivity contribution in [2.75, 3.05) is 26.3 Å². The molecule has 1 aromatic rings. The number of carbonyl (C=O) groups is 3. The molecule has 1 N–H and O–H groups in total. The largest absolute Gasteiger partial charge is 0.481 e. The Bertz CT molecular complexity index is 702. The van der Waals surface area contributed by atoms with Crippen LogP contribution >= 0.6 is 0 Å². The van der Waals surface area contributed by atoms with Crippen molar-refractivity contribution in [3.63, 3.8) is 0 Å². The highest BCUT2D eigenvalue weighted by atomic mass is 16.5. The summed E-state index contributed by atoms with van der Waals surface area (Å²) in [4.78, 5) is 40.3. The Labute approximate surface area is 165 Å². The van der Waals surface area contributed by atoms with Gasteiger partial charge < -0.3 is 19.6 Å². The first-order chi connectivity index (χ1) is 13.5. The maximum absolute atomic E-state index is 13.2. The number of carboxylic acid groups (broad SMARTS) is 1. The molecule has 2 saturated heterocycles. The Hall–Kier alpha value is -2.41. The van der Waals surface area contributed by atoms with Crippen molar-refractivity contribution >= 4 is 17.8 Å². The maximum atomic E-state index is 13.2. The van der Waals surface area contributed by atoms with Crippen molar-refractivity contribution in [3.05, 3.63) is 35.9 Å². The van der Waals surface area contributed by atoms with Crippen LogP contribution in [0, 0.1) is 5.92 Å². The average Bonchev–Trinajstić information content (AvgIpc) is 3.10. The number of carbonyl (C=O) groups excluding carboxylic acids is 2. The zero-order valence-corrected chi connectivity index (χ0v) is 16.3. The molecule has 2 aliphatic rings. The highest BCUT2D eigenvalue weighted by Gasteiger charge is 2.40. The molecular formula is C21H28N2O5. The highest BCUT2D eigenvalue weighted by Crippen LogP contribution is 2.30. The fraction of sp³-hybridized carbons (Fsp3) is 0.571. The molecule has 0 spiro atoms. The lowest BCUT2D eigenvalue weighted by molar-refractivity contribution is -0.142. The molecule has 0 unspecified atom stereocenters. The molecule has 0 aliphatic carbocycles. The van der Waals surface area contributed by atoms with Gasteiger partial charge in [-0.15, -0.1) is 0 Å². The van der Waals surface area contributed by atoms with Gasteiger partial charge in [-0.3, -0.25) is 14.4 Å². The van der Waals surface area contributed by atoms with E-state index < -0.39 is 11.9 Å². The molecule has 2 aliphatic heterocycles. The van der Waals surface area contributed by atoms with Gasteiger partial charge in [0.15, 0.2) is 0 Å². The number of hydrogen-bond acceptors (Lipinski definition) is 4. The van der Waals surface area contributed by atoms with E-state index in [2.05, 4.69) is 0 Å². The van der Waals surface area contributed by atoms with Gasteiger partial charge in [-0.2, -0.15) is 0 Å². The first-order valence-corrected chi connectivity index (χ1v) is 9.91. The van der Waals surface area contributed by atoms with Gasteiger partial charge in [0.25, 0.3) is 0 Å². The second-order valence-corrected chi connectivity index (χ2v) is 7.55. The summed E-state index contributed by atoms with van der Waals surface area (Å²) in [6.07, 6.45) is 1.50. The van der Waals surface area contributed by atoms with Crippen LogP contribution in [0.2, 0.25) is 0 Å². The molecule has 0 bridgehead atoms. The van der Waals surface area contributed by atoms with E-state index >= 15 is 0 Å². The lowest BCUT2D eigenvalue weighted by atomic mass is 10.0. The quantitative estimate of drug-likeness (QED) is 0.773. The predicted molar refractivity (Wildman–Crippen MR) is 102 cm³/mol. The number of nitrogens with zero attached hydrogens (tertiary/aromatic N) is 2. The molecular weight excluding hydrogens is 360 g/mol. The summed E-state index contributed by atoms with van der Waals surface area (Å²) in [5.41, 5.74) is 1.04. The number of aliphatic carboxylic acids is 1. The van der Waals surface area contributed by atoms with Gasteiger partial charge in [0, 0.05) is 38.8 Å². The van der Waals surface area contributed by atoms with E-state index in [4.69, 9.17) is 9.84 Å². The minimum absolute atomic E-state index is 0.0173. The number of rotatable bonds is 7. The molecule has 2 heterocycles. The van der Waals surface area contributed by atoms with Crippen LogP contribution in [0.3, 0.4) is 0 Å². The monoisotopic (exact) mass is 388 g/mol. The van der Waals surface area contributed by atoms with Crippen molar-refractivity contribution in [1.29, 1.82) is 0 Å². The number of amides is 2. The number of ether oxygens (including phenoxy) is 1. The van der Waals surface area contributed by atoms with Crippen LogP contribution in [0.25, 0.3) is 0 Å². The summed E-state index contributed by atoms with van der Waals surface area (Å²) < 4.78 is 5.38. The molecule has 7 nitrogen and oxygen atoms in total. The van der Waals surface area contributed by atoms with Crippen LogP contribution in [0.4, 0.5) is 0 Å². The highest BCUT2D eigenvalue weighted by molar-refractivity contribution is 5.89. The predicted octanol–water partition coefficient (Wildman–Crippen LogP) is 2.08. The smallest absolute Gasteiger partial charge is 0.305 e. The van der Waals surface area contributed by atoms with Gasteiger partial charge in [0.1, 0.15) is 0 Å². The number of likely N-dealkylation sites (tertiary alicyclic amines) is 1. The molecule has 7 heteroatoms. The minimum Gasteiger partial charge on any atom is -0.481 e. The van der Waals surface area contributed by atoms with Gasteiger partial charge in [-0.25, -0.2) is 0 Å². The summed E-state index contributed by atoms with van der Waals surface area (Å²) in [5, 5.41) is 9.07. The van der Waals surface area contributed by atoms with Crippen LogP contribution in [0.5, 0.6) is 0 Å². The first kappa shape index (κ1) is 20.3. The summed E-state index contributed by atoms with van der Waals surface area (Å²) in [6.45, 7) is 3.67. The summed E-state index contributed by atoms with van der Waals surface area (Å²) >= 11 is 0. The van der Waals surface area contributed by atoms with E-state index in [1.165, 1.54) is 0 Å². The van der Waals surface area contributed by atoms with Gasteiger partial charge in [0.05, 0.1) is 18.4 Å². The van der Waals surface area contributed by atoms with E-state index in [-0.39, 0.29) is 43.3 Å². The zero-order chi connectivity index (χ0) is 20.1. The summed E-state index contributed by atoms with van der Waals surface area (Å²) in [7, 11) is 0. The van der Waals surface area contributed by atoms with Crippen LogP contribution in [-0.2, 0) is 19.1 Å². The second kappa shape index (κ2) is 9.19. The molecule has 0 radical (unpaired) electrons. The van der Waals surface area contributed by atoms with Gasteiger partial charge in [0.2, 0.25) is 11.8 Å². The van der Waals surface area contributed by atoms with E-state index in [9.17, 15) is 14.4 Å². The first-order valence-electron chi connectivity index (χ1n) is 9.91. The van der Waals surface area contributed by atoms with Crippen molar-refractivity contribution < 1.29 is 24.2 Å². The molecule has 2 atom stereocenters. The van der Waals surface area contributed by atoms with Crippen molar-refractivity contribution in [2.24, 2.45) is 5.92 Å². The number of benzene rings is 1. The second-order valence-electron chi connectivity index (χ2n) is 7.55. The fourth-order valence-electron chi connectivity index (χ4n) is 4.10. The molecule has 3 rings (SSSR count). The van der Waals surface area contributed by atoms with Gasteiger partial charge in [-0.05, 0) is 25.3 Å². The maximum Gasteiger partial charge on any atom is 0.305 e. The lowest BCUT2D eigenvalue weighted by Crippen LogP contribution is -2.47. The van der Waals surface area contributed by atoms with E-state index in [1.807, 2.05) is 37.3 Å². The third-order valence-electron chi connectivity index (χ3n) is 5.74. The Morgan fingerprint density at radius 3 is 2.57 bits per heavy atom. The third kappa shape index (κ3) is 4.70. The van der Waals surface area contributed by atoms with E-state index in [0.717, 1.165) is 5.56 Å². The molecule has 1 aromatic carbocycles. The Morgan fingerprint density at radius 1 is 1.25 bits per heavy atom. The molecule has 28 heavy (non-hydrogen) atoms. The topological polar surface area (TPSA) is 87.2 Å². The Balaban J connectivity index is 1.70. The molecule has 0 aromatic heterocycles. The molecule has 2 amide bonds. The number of carboxylic acids is 1. The van der Waals surface area contributed by atoms with Crippen LogP contribution in [-0.4, -0.2) is 65.0 Å². The Morgan fingerprint density at radius 2 is 1.93 bits per heavy atom. The van der Waals surface area contributed by atoms with Gasteiger partial charge in [-0.1, -0.05) is 30.3 Å². The standard InChI is InChI=1S/C21H28N2O5/c1-15(16-5-3-2-4-6-16)23-14-17(13-19(23)24)21(27)22(10-7-20(25)26)18-8-11-28-12-9-18/h2-6,15,17-18H,7-14H2,1H3,(H,25,26)/t15-,17-/m1/s1. The molecule has 2 fully saturated rings. The van der Waals surface area contributed by atoms with Crippen molar-refractivity contribution in [2.45, 2.75) is 44.7 Å². The van der Waals surface area contributed by atoms with Crippen LogP contribution in [0.15, 0.2) is 30.3 Å². The molecule has 152 valence electrons. The molecule has 0 saturated carbocycles. The van der Waals surface area contributed by atoms with Crippen LogP contribution in [0.1, 0.15) is 44.2 Å². The summed E-state index contributed by atoms with van der Waals surface area (Å²) in [5.74, 6) is -1.48. The van der Waals surface area contributed by atoms with E-state index in [1.54, 1.807) is 9.80 Å². The summed E-state index contributed by atoms with van der Waals surface area (Å²) in [6, 6.07) is 9.66. The van der Waals surface area contributed by atoms with Crippen molar-refractivity contribution in [1.82, 2.24) is 9.80 Å².